The molecule has 0 aliphatic heterocycles. The molecule has 0 fully saturated rings. The quantitative estimate of drug-likeness (QED) is 0.805. The summed E-state index contributed by atoms with van der Waals surface area (Å²) in [6.07, 6.45) is 0. The number of halogens is 1. The van der Waals surface area contributed by atoms with Gasteiger partial charge in [-0.2, -0.15) is 0 Å². The smallest absolute Gasteiger partial charge is 0.127 e. The van der Waals surface area contributed by atoms with E-state index in [0.717, 1.165) is 6.54 Å². The third-order valence-corrected chi connectivity index (χ3v) is 3.02. The average Bonchev–Trinajstić information content (AvgIpc) is 2.25. The molecular weight excluding hydrogens is 203 g/mol. The van der Waals surface area contributed by atoms with E-state index in [1.165, 1.54) is 6.07 Å². The summed E-state index contributed by atoms with van der Waals surface area (Å²) in [4.78, 5) is 0. The highest BCUT2D eigenvalue weighted by Gasteiger charge is 2.23. The fourth-order valence-electron chi connectivity index (χ4n) is 1.99. The Kier molecular flexibility index (Phi) is 4.90. The summed E-state index contributed by atoms with van der Waals surface area (Å²) in [5, 5.41) is 3.12. The lowest BCUT2D eigenvalue weighted by Gasteiger charge is -2.27. The van der Waals surface area contributed by atoms with Crippen molar-refractivity contribution in [2.75, 3.05) is 13.6 Å². The summed E-state index contributed by atoms with van der Waals surface area (Å²) >= 11 is 0. The first-order valence-electron chi connectivity index (χ1n) is 5.72. The van der Waals surface area contributed by atoms with Crippen LogP contribution in [0.1, 0.15) is 25.5 Å². The van der Waals surface area contributed by atoms with Crippen LogP contribution >= 0.6 is 0 Å². The predicted octanol–water partition coefficient (Wildman–Crippen LogP) is 2.32. The van der Waals surface area contributed by atoms with E-state index in [1.807, 2.05) is 13.1 Å². The van der Waals surface area contributed by atoms with Crippen LogP contribution in [-0.2, 0) is 0 Å². The minimum absolute atomic E-state index is 0.211. The number of nitrogens with two attached hydrogens (primary N) is 1. The molecule has 1 aromatic carbocycles. The summed E-state index contributed by atoms with van der Waals surface area (Å²) in [6, 6.07) is 6.49. The van der Waals surface area contributed by atoms with Gasteiger partial charge in [-0.1, -0.05) is 32.0 Å². The lowest BCUT2D eigenvalue weighted by Crippen LogP contribution is -2.33. The Morgan fingerprint density at radius 1 is 1.31 bits per heavy atom. The van der Waals surface area contributed by atoms with Gasteiger partial charge in [-0.3, -0.25) is 0 Å². The Morgan fingerprint density at radius 3 is 2.44 bits per heavy atom. The third kappa shape index (κ3) is 3.03. The molecule has 1 aromatic rings. The number of hydrogen-bond donors (Lipinski definition) is 2. The van der Waals surface area contributed by atoms with Crippen LogP contribution in [0.4, 0.5) is 4.39 Å². The minimum atomic E-state index is -0.256. The van der Waals surface area contributed by atoms with Gasteiger partial charge in [0, 0.05) is 11.6 Å². The molecule has 0 bridgehead atoms. The molecule has 1 rings (SSSR count). The standard InChI is InChI=1S/C13H21FN2/c1-9(2)11(8-16-3)13(15)10-6-4-5-7-12(10)14/h4-7,9,11,13,16H,8,15H2,1-3H3. The molecule has 2 atom stereocenters. The van der Waals surface area contributed by atoms with Crippen LogP contribution in [0, 0.1) is 17.7 Å². The predicted molar refractivity (Wildman–Crippen MR) is 65.6 cm³/mol. The van der Waals surface area contributed by atoms with Crippen molar-refractivity contribution in [2.24, 2.45) is 17.6 Å². The molecule has 0 aromatic heterocycles. The van der Waals surface area contributed by atoms with Crippen molar-refractivity contribution in [3.05, 3.63) is 35.6 Å². The van der Waals surface area contributed by atoms with E-state index in [4.69, 9.17) is 5.73 Å². The molecule has 3 heteroatoms. The van der Waals surface area contributed by atoms with Gasteiger partial charge in [0.25, 0.3) is 0 Å². The number of hydrogen-bond acceptors (Lipinski definition) is 2. The van der Waals surface area contributed by atoms with E-state index in [1.54, 1.807) is 12.1 Å². The third-order valence-electron chi connectivity index (χ3n) is 3.02. The first-order chi connectivity index (χ1) is 7.57. The van der Waals surface area contributed by atoms with E-state index < -0.39 is 0 Å². The van der Waals surface area contributed by atoms with E-state index in [9.17, 15) is 4.39 Å². The first kappa shape index (κ1) is 13.1. The Labute approximate surface area is 97.0 Å². The van der Waals surface area contributed by atoms with Gasteiger partial charge in [0.2, 0.25) is 0 Å². The van der Waals surface area contributed by atoms with E-state index in [-0.39, 0.29) is 17.8 Å². The maximum absolute atomic E-state index is 13.6. The molecule has 0 saturated heterocycles. The van der Waals surface area contributed by atoms with Crippen molar-refractivity contribution in [3.8, 4) is 0 Å². The van der Waals surface area contributed by atoms with Crippen molar-refractivity contribution in [1.29, 1.82) is 0 Å². The molecule has 16 heavy (non-hydrogen) atoms. The Hall–Kier alpha value is -0.930. The van der Waals surface area contributed by atoms with E-state index >= 15 is 0 Å². The molecule has 0 heterocycles. The molecule has 3 N–H and O–H groups in total. The van der Waals surface area contributed by atoms with Crippen LogP contribution in [0.15, 0.2) is 24.3 Å². The van der Waals surface area contributed by atoms with Gasteiger partial charge in [-0.05, 0) is 31.5 Å². The van der Waals surface area contributed by atoms with Crippen LogP contribution in [0.25, 0.3) is 0 Å². The van der Waals surface area contributed by atoms with E-state index in [0.29, 0.717) is 11.5 Å². The van der Waals surface area contributed by atoms with Gasteiger partial charge in [0.05, 0.1) is 0 Å². The zero-order chi connectivity index (χ0) is 12.1. The minimum Gasteiger partial charge on any atom is -0.324 e. The maximum Gasteiger partial charge on any atom is 0.127 e. The summed E-state index contributed by atoms with van der Waals surface area (Å²) in [5.41, 5.74) is 6.75. The highest BCUT2D eigenvalue weighted by Crippen LogP contribution is 2.27. The van der Waals surface area contributed by atoms with Crippen LogP contribution in [0.3, 0.4) is 0 Å². The van der Waals surface area contributed by atoms with Crippen LogP contribution in [0.5, 0.6) is 0 Å². The topological polar surface area (TPSA) is 38.0 Å². The molecule has 0 amide bonds. The molecule has 0 aliphatic carbocycles. The normalized spacial score (nSPS) is 15.1. The van der Waals surface area contributed by atoms with Crippen molar-refractivity contribution < 1.29 is 4.39 Å². The molecule has 2 nitrogen and oxygen atoms in total. The second kappa shape index (κ2) is 5.97. The van der Waals surface area contributed by atoms with Crippen molar-refractivity contribution in [1.82, 2.24) is 5.32 Å². The van der Waals surface area contributed by atoms with Crippen molar-refractivity contribution in [2.45, 2.75) is 19.9 Å². The number of rotatable bonds is 5. The van der Waals surface area contributed by atoms with E-state index in [2.05, 4.69) is 19.2 Å². The molecular formula is C13H21FN2. The molecule has 0 aliphatic rings. The Bertz CT molecular complexity index is 325. The molecule has 0 radical (unpaired) electrons. The van der Waals surface area contributed by atoms with Gasteiger partial charge < -0.3 is 11.1 Å². The van der Waals surface area contributed by atoms with Crippen LogP contribution in [-0.4, -0.2) is 13.6 Å². The Morgan fingerprint density at radius 2 is 1.94 bits per heavy atom. The largest absolute Gasteiger partial charge is 0.324 e. The van der Waals surface area contributed by atoms with Crippen LogP contribution < -0.4 is 11.1 Å². The summed E-state index contributed by atoms with van der Waals surface area (Å²) in [7, 11) is 1.89. The molecule has 2 unspecified atom stereocenters. The first-order valence-corrected chi connectivity index (χ1v) is 5.72. The second-order valence-electron chi connectivity index (χ2n) is 4.51. The van der Waals surface area contributed by atoms with Crippen molar-refractivity contribution in [3.63, 3.8) is 0 Å². The van der Waals surface area contributed by atoms with Gasteiger partial charge in [-0.25, -0.2) is 4.39 Å². The van der Waals surface area contributed by atoms with Crippen LogP contribution in [0.2, 0.25) is 0 Å². The monoisotopic (exact) mass is 224 g/mol. The average molecular weight is 224 g/mol. The van der Waals surface area contributed by atoms with Gasteiger partial charge >= 0.3 is 0 Å². The second-order valence-corrected chi connectivity index (χ2v) is 4.51. The highest BCUT2D eigenvalue weighted by atomic mass is 19.1. The zero-order valence-electron chi connectivity index (χ0n) is 10.2. The summed E-state index contributed by atoms with van der Waals surface area (Å²) < 4.78 is 13.6. The SMILES string of the molecule is CNCC(C(C)C)C(N)c1ccccc1F. The fourth-order valence-corrected chi connectivity index (χ4v) is 1.99. The number of benzene rings is 1. The van der Waals surface area contributed by atoms with Gasteiger partial charge in [0.15, 0.2) is 0 Å². The fraction of sp³-hybridized carbons (Fsp3) is 0.538. The molecule has 90 valence electrons. The van der Waals surface area contributed by atoms with Gasteiger partial charge in [-0.15, -0.1) is 0 Å². The molecule has 0 spiro atoms. The summed E-state index contributed by atoms with van der Waals surface area (Å²) in [6.45, 7) is 5.03. The maximum atomic E-state index is 13.6. The number of nitrogens with one attached hydrogen (secondary N) is 1. The van der Waals surface area contributed by atoms with Crippen molar-refractivity contribution >= 4 is 0 Å². The molecule has 0 saturated carbocycles. The lowest BCUT2D eigenvalue weighted by molar-refractivity contribution is 0.309. The zero-order valence-corrected chi connectivity index (χ0v) is 10.2. The Balaban J connectivity index is 2.90. The van der Waals surface area contributed by atoms with Gasteiger partial charge in [0.1, 0.15) is 5.82 Å². The lowest BCUT2D eigenvalue weighted by atomic mass is 9.85. The highest BCUT2D eigenvalue weighted by molar-refractivity contribution is 5.21. The summed E-state index contributed by atoms with van der Waals surface area (Å²) in [5.74, 6) is 0.445.